The summed E-state index contributed by atoms with van der Waals surface area (Å²) in [5, 5.41) is 2.01. The zero-order valence-corrected chi connectivity index (χ0v) is 10.9. The molecule has 0 unspecified atom stereocenters. The van der Waals surface area contributed by atoms with Crippen LogP contribution in [0.5, 0.6) is 5.75 Å². The largest absolute Gasteiger partial charge is 0.490 e. The Balaban J connectivity index is 2.33. The van der Waals surface area contributed by atoms with Gasteiger partial charge in [0, 0.05) is 0 Å². The summed E-state index contributed by atoms with van der Waals surface area (Å²) in [6.45, 7) is 6.24. The predicted molar refractivity (Wildman–Crippen MR) is 75.6 cm³/mol. The number of fused-ring (bicyclic) bond motifs is 1. The topological polar surface area (TPSA) is 35.5 Å². The van der Waals surface area contributed by atoms with Gasteiger partial charge in [0.15, 0.2) is 0 Å². The van der Waals surface area contributed by atoms with Gasteiger partial charge in [0.2, 0.25) is 0 Å². The van der Waals surface area contributed by atoms with Crippen molar-refractivity contribution in [2.45, 2.75) is 6.92 Å². The average Bonchev–Trinajstić information content (AvgIpc) is 2.44. The third-order valence-corrected chi connectivity index (χ3v) is 2.69. The third kappa shape index (κ3) is 3.13. The molecular formula is C16H16O3. The van der Waals surface area contributed by atoms with Crippen molar-refractivity contribution in [2.75, 3.05) is 13.2 Å². The van der Waals surface area contributed by atoms with E-state index in [1.807, 2.05) is 30.3 Å². The molecule has 0 heterocycles. The van der Waals surface area contributed by atoms with E-state index in [0.717, 1.165) is 16.5 Å². The normalized spacial score (nSPS) is 10.2. The van der Waals surface area contributed by atoms with Crippen LogP contribution in [0.4, 0.5) is 0 Å². The van der Waals surface area contributed by atoms with E-state index in [2.05, 4.69) is 6.58 Å². The number of carbonyl (C=O) groups excluding carboxylic acids is 1. The SMILES string of the molecule is C=CCOc1ccc2ccc(C(=O)OCC)cc2c1. The van der Waals surface area contributed by atoms with Crippen molar-refractivity contribution in [1.29, 1.82) is 0 Å². The Hall–Kier alpha value is -2.29. The molecule has 0 aliphatic heterocycles. The summed E-state index contributed by atoms with van der Waals surface area (Å²) in [4.78, 5) is 11.7. The number of esters is 1. The number of benzene rings is 2. The molecule has 2 aromatic carbocycles. The van der Waals surface area contributed by atoms with Gasteiger partial charge in [-0.15, -0.1) is 0 Å². The van der Waals surface area contributed by atoms with Gasteiger partial charge >= 0.3 is 5.97 Å². The fraction of sp³-hybridized carbons (Fsp3) is 0.188. The molecule has 0 saturated carbocycles. The molecule has 0 aliphatic rings. The maximum atomic E-state index is 11.7. The van der Waals surface area contributed by atoms with E-state index in [1.54, 1.807) is 19.1 Å². The minimum atomic E-state index is -0.304. The highest BCUT2D eigenvalue weighted by Crippen LogP contribution is 2.22. The summed E-state index contributed by atoms with van der Waals surface area (Å²) in [6.07, 6.45) is 1.69. The van der Waals surface area contributed by atoms with Crippen LogP contribution < -0.4 is 4.74 Å². The van der Waals surface area contributed by atoms with Crippen molar-refractivity contribution >= 4 is 16.7 Å². The van der Waals surface area contributed by atoms with Crippen LogP contribution in [-0.4, -0.2) is 19.2 Å². The molecule has 0 amide bonds. The molecule has 0 atom stereocenters. The highest BCUT2D eigenvalue weighted by molar-refractivity contribution is 5.95. The summed E-state index contributed by atoms with van der Waals surface area (Å²) >= 11 is 0. The number of hydrogen-bond acceptors (Lipinski definition) is 3. The van der Waals surface area contributed by atoms with Crippen molar-refractivity contribution in [2.24, 2.45) is 0 Å². The van der Waals surface area contributed by atoms with Crippen LogP contribution in [0.2, 0.25) is 0 Å². The lowest BCUT2D eigenvalue weighted by Gasteiger charge is -2.06. The monoisotopic (exact) mass is 256 g/mol. The first-order valence-corrected chi connectivity index (χ1v) is 6.19. The van der Waals surface area contributed by atoms with E-state index >= 15 is 0 Å². The van der Waals surface area contributed by atoms with Gasteiger partial charge in [0.1, 0.15) is 12.4 Å². The van der Waals surface area contributed by atoms with Crippen LogP contribution in [-0.2, 0) is 4.74 Å². The second-order valence-corrected chi connectivity index (χ2v) is 4.04. The van der Waals surface area contributed by atoms with Crippen LogP contribution in [0.25, 0.3) is 10.8 Å². The molecule has 0 radical (unpaired) electrons. The molecule has 2 aromatic rings. The van der Waals surface area contributed by atoms with Crippen molar-refractivity contribution in [1.82, 2.24) is 0 Å². The highest BCUT2D eigenvalue weighted by atomic mass is 16.5. The molecule has 19 heavy (non-hydrogen) atoms. The quantitative estimate of drug-likeness (QED) is 0.606. The number of carbonyl (C=O) groups is 1. The van der Waals surface area contributed by atoms with Crippen molar-refractivity contribution in [3.05, 3.63) is 54.6 Å². The lowest BCUT2D eigenvalue weighted by molar-refractivity contribution is 0.0526. The Morgan fingerprint density at radius 3 is 2.74 bits per heavy atom. The molecule has 3 nitrogen and oxygen atoms in total. The van der Waals surface area contributed by atoms with Crippen molar-refractivity contribution in [3.8, 4) is 5.75 Å². The smallest absolute Gasteiger partial charge is 0.338 e. The van der Waals surface area contributed by atoms with Crippen LogP contribution in [0.15, 0.2) is 49.1 Å². The van der Waals surface area contributed by atoms with Gasteiger partial charge < -0.3 is 9.47 Å². The second-order valence-electron chi connectivity index (χ2n) is 4.04. The Bertz CT molecular complexity index is 602. The average molecular weight is 256 g/mol. The Kier molecular flexibility index (Phi) is 4.18. The minimum absolute atomic E-state index is 0.304. The summed E-state index contributed by atoms with van der Waals surface area (Å²) in [5.74, 6) is 0.454. The molecular weight excluding hydrogens is 240 g/mol. The molecule has 0 aromatic heterocycles. The van der Waals surface area contributed by atoms with E-state index in [1.165, 1.54) is 0 Å². The van der Waals surface area contributed by atoms with Gasteiger partial charge in [-0.25, -0.2) is 4.79 Å². The molecule has 0 bridgehead atoms. The maximum absolute atomic E-state index is 11.7. The molecule has 0 fully saturated rings. The van der Waals surface area contributed by atoms with Gasteiger partial charge in [0.25, 0.3) is 0 Å². The molecule has 3 heteroatoms. The van der Waals surface area contributed by atoms with Crippen LogP contribution in [0.3, 0.4) is 0 Å². The Labute approximate surface area is 112 Å². The molecule has 2 rings (SSSR count). The molecule has 0 aliphatic carbocycles. The van der Waals surface area contributed by atoms with E-state index in [4.69, 9.17) is 9.47 Å². The first kappa shape index (κ1) is 13.1. The Morgan fingerprint density at radius 2 is 2.00 bits per heavy atom. The first-order chi connectivity index (χ1) is 9.24. The van der Waals surface area contributed by atoms with E-state index < -0.39 is 0 Å². The highest BCUT2D eigenvalue weighted by Gasteiger charge is 2.07. The summed E-state index contributed by atoms with van der Waals surface area (Å²) in [7, 11) is 0. The predicted octanol–water partition coefficient (Wildman–Crippen LogP) is 3.58. The molecule has 0 saturated heterocycles. The van der Waals surface area contributed by atoms with Crippen LogP contribution in [0.1, 0.15) is 17.3 Å². The van der Waals surface area contributed by atoms with Gasteiger partial charge in [-0.05, 0) is 42.0 Å². The van der Waals surface area contributed by atoms with Gasteiger partial charge in [0.05, 0.1) is 12.2 Å². The zero-order valence-electron chi connectivity index (χ0n) is 10.9. The molecule has 0 N–H and O–H groups in total. The zero-order chi connectivity index (χ0) is 13.7. The lowest BCUT2D eigenvalue weighted by Crippen LogP contribution is -2.04. The van der Waals surface area contributed by atoms with E-state index in [0.29, 0.717) is 18.8 Å². The van der Waals surface area contributed by atoms with Gasteiger partial charge in [-0.2, -0.15) is 0 Å². The van der Waals surface area contributed by atoms with Crippen molar-refractivity contribution < 1.29 is 14.3 Å². The first-order valence-electron chi connectivity index (χ1n) is 6.19. The van der Waals surface area contributed by atoms with Crippen LogP contribution >= 0.6 is 0 Å². The van der Waals surface area contributed by atoms with E-state index in [-0.39, 0.29) is 5.97 Å². The minimum Gasteiger partial charge on any atom is -0.490 e. The van der Waals surface area contributed by atoms with Gasteiger partial charge in [-0.1, -0.05) is 24.8 Å². The summed E-state index contributed by atoms with van der Waals surface area (Å²) < 4.78 is 10.5. The Morgan fingerprint density at radius 1 is 1.21 bits per heavy atom. The number of hydrogen-bond donors (Lipinski definition) is 0. The fourth-order valence-electron chi connectivity index (χ4n) is 1.81. The number of rotatable bonds is 5. The second kappa shape index (κ2) is 6.05. The number of ether oxygens (including phenoxy) is 2. The summed E-state index contributed by atoms with van der Waals surface area (Å²) in [5.41, 5.74) is 0.551. The van der Waals surface area contributed by atoms with E-state index in [9.17, 15) is 4.79 Å². The van der Waals surface area contributed by atoms with Gasteiger partial charge in [-0.3, -0.25) is 0 Å². The van der Waals surface area contributed by atoms with Crippen LogP contribution in [0, 0.1) is 0 Å². The third-order valence-electron chi connectivity index (χ3n) is 2.69. The summed E-state index contributed by atoms with van der Waals surface area (Å²) in [6, 6.07) is 11.2. The molecule has 0 spiro atoms. The molecule has 98 valence electrons. The fourth-order valence-corrected chi connectivity index (χ4v) is 1.81. The standard InChI is InChI=1S/C16H16O3/c1-3-9-19-15-8-7-12-5-6-13(10-14(12)11-15)16(17)18-4-2/h3,5-8,10-11H,1,4,9H2,2H3. The maximum Gasteiger partial charge on any atom is 0.338 e. The lowest BCUT2D eigenvalue weighted by atomic mass is 10.1. The van der Waals surface area contributed by atoms with Crippen molar-refractivity contribution in [3.63, 3.8) is 0 Å².